The van der Waals surface area contributed by atoms with Crippen molar-refractivity contribution in [3.63, 3.8) is 0 Å². The Balaban J connectivity index is 1.22. The first-order valence-electron chi connectivity index (χ1n) is 24.0. The number of aromatic nitrogens is 1. The number of hydrogen-bond acceptors (Lipinski definition) is 12. The molecule has 10 rings (SSSR count). The lowest BCUT2D eigenvalue weighted by Gasteiger charge is -2.63. The van der Waals surface area contributed by atoms with Crippen molar-refractivity contribution in [2.75, 3.05) is 66.0 Å². The largest absolute Gasteiger partial charge is 0.496 e. The van der Waals surface area contributed by atoms with Crippen LogP contribution < -0.4 is 15.0 Å². The Morgan fingerprint density at radius 1 is 0.926 bits per heavy atom. The zero-order chi connectivity index (χ0) is 48.1. The maximum atomic E-state index is 15.7. The van der Waals surface area contributed by atoms with Crippen LogP contribution in [0.4, 0.5) is 5.69 Å². The second-order valence-electron chi connectivity index (χ2n) is 20.2. The molecule has 4 aromatic rings. The highest BCUT2D eigenvalue weighted by Crippen LogP contribution is 2.68. The standard InChI is InChI=1S/C53H62ClN5O9/c1-8-49(56-43(61)35-16-10-12-17-38(35)54)27-32-28-52(47(62)66-6,42-34(19-23-58(29-32)30-49)33-15-11-13-18-39(33)55-42)37-25-36-40(26-41(37)65-5)57(4)45-51(36)21-24-59-22-14-20-50(9-2,44(51)59)46(68-31(3)60)53(45,64)48(63)67-7/h10-18,20,25-26,32,44-46,55,64H,8-9,19,21-24,27-30H2,1-7H3,(H,56,61)/t32-,44+,45-,46-,49+,50-,51-,52+,53+/m1/s1. The summed E-state index contributed by atoms with van der Waals surface area (Å²) in [6.45, 7) is 8.62. The van der Waals surface area contributed by atoms with Crippen molar-refractivity contribution in [3.8, 4) is 5.75 Å². The van der Waals surface area contributed by atoms with E-state index in [4.69, 9.17) is 30.5 Å². The number of methoxy groups -OCH3 is 3. The lowest BCUT2D eigenvalue weighted by atomic mass is 9.47. The van der Waals surface area contributed by atoms with Gasteiger partial charge in [-0.15, -0.1) is 0 Å². The summed E-state index contributed by atoms with van der Waals surface area (Å²) in [4.78, 5) is 68.1. The number of hydrogen-bond donors (Lipinski definition) is 3. The van der Waals surface area contributed by atoms with E-state index < -0.39 is 57.4 Å². The summed E-state index contributed by atoms with van der Waals surface area (Å²) in [6, 6.07) is 17.9. The normalized spacial score (nSPS) is 33.5. The Hall–Kier alpha value is -5.41. The fraction of sp³-hybridized carbons (Fsp3) is 0.509. The average Bonchev–Trinajstić information content (AvgIpc) is 4.00. The molecule has 1 amide bonds. The van der Waals surface area contributed by atoms with Gasteiger partial charge in [-0.05, 0) is 86.4 Å². The number of ether oxygens (including phenoxy) is 4. The minimum Gasteiger partial charge on any atom is -0.496 e. The molecule has 68 heavy (non-hydrogen) atoms. The fourth-order valence-electron chi connectivity index (χ4n) is 14.7. The third-order valence-electron chi connectivity index (χ3n) is 17.1. The van der Waals surface area contributed by atoms with E-state index in [0.29, 0.717) is 93.1 Å². The number of fused-ring (bicyclic) bond motifs is 6. The number of carbonyl (C=O) groups is 4. The number of nitrogens with one attached hydrogen (secondary N) is 2. The van der Waals surface area contributed by atoms with Crippen molar-refractivity contribution in [1.29, 1.82) is 0 Å². The predicted octanol–water partition coefficient (Wildman–Crippen LogP) is 6.08. The van der Waals surface area contributed by atoms with Gasteiger partial charge in [0.2, 0.25) is 5.60 Å². The molecule has 1 spiro atoms. The number of benzene rings is 3. The molecule has 3 fully saturated rings. The topological polar surface area (TPSA) is 163 Å². The number of carbonyl (C=O) groups excluding carboxylic acids is 4. The average molecular weight is 949 g/mol. The van der Waals surface area contributed by atoms with Gasteiger partial charge in [0, 0.05) is 90.9 Å². The van der Waals surface area contributed by atoms with E-state index in [9.17, 15) is 19.5 Å². The van der Waals surface area contributed by atoms with Crippen LogP contribution in [0.2, 0.25) is 5.02 Å². The van der Waals surface area contributed by atoms with Crippen LogP contribution in [0.25, 0.3) is 10.9 Å². The van der Waals surface area contributed by atoms with Gasteiger partial charge in [-0.1, -0.05) is 67.9 Å². The highest BCUT2D eigenvalue weighted by Gasteiger charge is 2.80. The number of halogens is 1. The summed E-state index contributed by atoms with van der Waals surface area (Å²) in [5, 5.41) is 18.3. The van der Waals surface area contributed by atoms with E-state index in [1.807, 2.05) is 55.3 Å². The Morgan fingerprint density at radius 3 is 2.38 bits per heavy atom. The molecule has 1 aliphatic carbocycles. The van der Waals surface area contributed by atoms with Crippen LogP contribution in [0.1, 0.15) is 85.6 Å². The molecule has 2 bridgehead atoms. The second kappa shape index (κ2) is 16.6. The van der Waals surface area contributed by atoms with Gasteiger partial charge in [0.25, 0.3) is 5.91 Å². The molecule has 0 radical (unpaired) electrons. The Kier molecular flexibility index (Phi) is 11.3. The van der Waals surface area contributed by atoms with Crippen LogP contribution in [0, 0.1) is 11.3 Å². The van der Waals surface area contributed by atoms with Crippen molar-refractivity contribution in [2.24, 2.45) is 11.3 Å². The number of amides is 1. The maximum absolute atomic E-state index is 15.7. The third-order valence-corrected chi connectivity index (χ3v) is 17.5. The van der Waals surface area contributed by atoms with E-state index in [1.54, 1.807) is 25.3 Å². The number of rotatable bonds is 9. The number of aliphatic hydroxyl groups is 1. The molecule has 3 N–H and O–H groups in total. The highest BCUT2D eigenvalue weighted by atomic mass is 35.5. The fourth-order valence-corrected chi connectivity index (χ4v) is 14.9. The van der Waals surface area contributed by atoms with Crippen LogP contribution >= 0.6 is 11.6 Å². The minimum absolute atomic E-state index is 0.153. The van der Waals surface area contributed by atoms with E-state index in [0.717, 1.165) is 33.4 Å². The Morgan fingerprint density at radius 2 is 1.68 bits per heavy atom. The summed E-state index contributed by atoms with van der Waals surface area (Å²) >= 11 is 6.59. The first-order valence-corrected chi connectivity index (χ1v) is 24.3. The van der Waals surface area contributed by atoms with E-state index in [2.05, 4.69) is 45.2 Å². The minimum atomic E-state index is -2.34. The molecule has 1 aromatic heterocycles. The van der Waals surface area contributed by atoms with Gasteiger partial charge >= 0.3 is 17.9 Å². The number of para-hydroxylation sites is 1. The maximum Gasteiger partial charge on any atom is 0.344 e. The molecule has 14 nitrogen and oxygen atoms in total. The molecule has 1 unspecified atom stereocenters. The molecule has 6 heterocycles. The summed E-state index contributed by atoms with van der Waals surface area (Å²) in [5.74, 6) is -1.94. The van der Waals surface area contributed by atoms with E-state index in [1.165, 1.54) is 21.1 Å². The number of aromatic amines is 1. The number of anilines is 1. The molecule has 3 aromatic carbocycles. The molecule has 6 aliphatic rings. The molecule has 5 aliphatic heterocycles. The van der Waals surface area contributed by atoms with Crippen LogP contribution in [0.5, 0.6) is 5.75 Å². The molecule has 360 valence electrons. The first kappa shape index (κ1) is 46.3. The molecular weight excluding hydrogens is 886 g/mol. The Bertz CT molecular complexity index is 2760. The van der Waals surface area contributed by atoms with Gasteiger partial charge in [-0.2, -0.15) is 0 Å². The lowest BCUT2D eigenvalue weighted by Crippen LogP contribution is -2.81. The quantitative estimate of drug-likeness (QED) is 0.101. The summed E-state index contributed by atoms with van der Waals surface area (Å²) < 4.78 is 24.2. The Labute approximate surface area is 402 Å². The van der Waals surface area contributed by atoms with Gasteiger partial charge in [0.1, 0.15) is 11.2 Å². The molecule has 10 atom stereocenters. The van der Waals surface area contributed by atoms with Crippen molar-refractivity contribution < 1.29 is 43.2 Å². The SMILES string of the molecule is CC[C@]1(NC(=O)c2ccccc2Cl)C[C@H]2CN(CCc3c([nH]c4ccccc34)[C@@](C(=O)OC)(c3cc4c(cc3OC)N(C)[C@H]3[C@@](O)(C(=O)OC)[C@H](OC(C)=O)[C@]5(CC)C=CCN6CC[C@]43[C@@H]65)C2)C1. The zero-order valence-electron chi connectivity index (χ0n) is 39.9. The van der Waals surface area contributed by atoms with Crippen molar-refractivity contribution in [2.45, 2.75) is 99.5 Å². The predicted molar refractivity (Wildman–Crippen MR) is 257 cm³/mol. The van der Waals surface area contributed by atoms with Crippen molar-refractivity contribution >= 4 is 52.0 Å². The van der Waals surface area contributed by atoms with E-state index >= 15 is 4.79 Å². The zero-order valence-corrected chi connectivity index (χ0v) is 40.7. The lowest BCUT2D eigenvalue weighted by molar-refractivity contribution is -0.228. The molecule has 2 saturated heterocycles. The summed E-state index contributed by atoms with van der Waals surface area (Å²) in [6.07, 6.45) is 5.88. The molecule has 1 saturated carbocycles. The monoisotopic (exact) mass is 947 g/mol. The van der Waals surface area contributed by atoms with Crippen LogP contribution in [0.3, 0.4) is 0 Å². The van der Waals surface area contributed by atoms with Crippen molar-refractivity contribution in [3.05, 3.63) is 106 Å². The number of nitrogens with zero attached hydrogens (tertiary/aromatic N) is 3. The van der Waals surface area contributed by atoms with Crippen molar-refractivity contribution in [1.82, 2.24) is 20.1 Å². The smallest absolute Gasteiger partial charge is 0.344 e. The molecule has 15 heteroatoms. The summed E-state index contributed by atoms with van der Waals surface area (Å²) in [7, 11) is 6.14. The van der Waals surface area contributed by atoms with Crippen LogP contribution in [-0.4, -0.2) is 134 Å². The van der Waals surface area contributed by atoms with Gasteiger partial charge in [0.15, 0.2) is 6.10 Å². The first-order chi connectivity index (χ1) is 32.6. The highest BCUT2D eigenvalue weighted by molar-refractivity contribution is 6.33. The number of likely N-dealkylation sites (N-methyl/N-ethyl adjacent to an activating group) is 1. The van der Waals surface area contributed by atoms with Gasteiger partial charge in [-0.25, -0.2) is 4.79 Å². The third kappa shape index (κ3) is 6.31. The van der Waals surface area contributed by atoms with Gasteiger partial charge in [0.05, 0.1) is 43.5 Å². The van der Waals surface area contributed by atoms with Gasteiger partial charge in [-0.3, -0.25) is 19.3 Å². The van der Waals surface area contributed by atoms with E-state index in [-0.39, 0.29) is 17.9 Å². The van der Waals surface area contributed by atoms with Gasteiger partial charge < -0.3 is 44.2 Å². The number of H-pyrrole nitrogens is 1. The number of piperidine rings is 1. The van der Waals surface area contributed by atoms with Crippen LogP contribution in [-0.2, 0) is 45.8 Å². The number of esters is 3. The summed E-state index contributed by atoms with van der Waals surface area (Å²) in [5.41, 5.74) is -1.29. The van der Waals surface area contributed by atoms with Crippen LogP contribution in [0.15, 0.2) is 72.8 Å². The second-order valence-corrected chi connectivity index (χ2v) is 20.6. The molecular formula is C53H62ClN5O9.